The lowest BCUT2D eigenvalue weighted by molar-refractivity contribution is 1.23. The van der Waals surface area contributed by atoms with E-state index in [0.29, 0.717) is 0 Å². The molecule has 0 atom stereocenters. The van der Waals surface area contributed by atoms with Gasteiger partial charge in [-0.15, -0.1) is 0 Å². The van der Waals surface area contributed by atoms with E-state index in [2.05, 4.69) is 14.3 Å². The van der Waals surface area contributed by atoms with Crippen molar-refractivity contribution in [1.82, 2.24) is 14.3 Å². The lowest BCUT2D eigenvalue weighted by atomic mass is 10.3. The largest absolute Gasteiger partial charge is 0.264 e. The second-order valence-electron chi connectivity index (χ2n) is 2.38. The summed E-state index contributed by atoms with van der Waals surface area (Å²) in [5.74, 6) is 0.769. The van der Waals surface area contributed by atoms with Crippen molar-refractivity contribution in [1.29, 1.82) is 0 Å². The first-order valence-electron chi connectivity index (χ1n) is 3.57. The molecular weight excluding hydrogens is 170 g/mol. The molecule has 2 rings (SSSR count). The Balaban J connectivity index is 2.45. The number of rotatable bonds is 1. The van der Waals surface area contributed by atoms with Crippen molar-refractivity contribution in [3.63, 3.8) is 0 Å². The summed E-state index contributed by atoms with van der Waals surface area (Å²) >= 11 is 1.41. The molecule has 0 radical (unpaired) electrons. The first kappa shape index (κ1) is 7.36. The van der Waals surface area contributed by atoms with Gasteiger partial charge in [-0.3, -0.25) is 4.98 Å². The van der Waals surface area contributed by atoms with Gasteiger partial charge in [-0.25, -0.2) is 4.98 Å². The molecule has 0 bridgehead atoms. The summed E-state index contributed by atoms with van der Waals surface area (Å²) in [6.07, 6.45) is 3.50. The lowest BCUT2D eigenvalue weighted by Crippen LogP contribution is -1.80. The minimum Gasteiger partial charge on any atom is -0.264 e. The Kier molecular flexibility index (Phi) is 1.83. The van der Waals surface area contributed by atoms with Crippen molar-refractivity contribution >= 4 is 11.5 Å². The van der Waals surface area contributed by atoms with Gasteiger partial charge in [0.15, 0.2) is 5.82 Å². The van der Waals surface area contributed by atoms with Gasteiger partial charge < -0.3 is 0 Å². The highest BCUT2D eigenvalue weighted by molar-refractivity contribution is 7.05. The fourth-order valence-electron chi connectivity index (χ4n) is 0.912. The molecule has 12 heavy (non-hydrogen) atoms. The van der Waals surface area contributed by atoms with Crippen molar-refractivity contribution in [3.8, 4) is 11.4 Å². The quantitative estimate of drug-likeness (QED) is 0.667. The molecule has 2 aromatic rings. The number of nitrogens with zero attached hydrogens (tertiary/aromatic N) is 3. The number of hydrogen-bond acceptors (Lipinski definition) is 4. The molecule has 0 spiro atoms. The van der Waals surface area contributed by atoms with E-state index in [1.807, 2.05) is 19.1 Å². The normalized spacial score (nSPS) is 10.1. The van der Waals surface area contributed by atoms with Crippen LogP contribution in [0.1, 0.15) is 5.01 Å². The SMILES string of the molecule is Cc1nc(-c2cccnc2)ns1. The first-order chi connectivity index (χ1) is 5.86. The molecule has 0 aliphatic rings. The van der Waals surface area contributed by atoms with Crippen LogP contribution >= 0.6 is 11.5 Å². The Morgan fingerprint density at radius 1 is 1.42 bits per heavy atom. The molecule has 60 valence electrons. The highest BCUT2D eigenvalue weighted by Gasteiger charge is 2.01. The molecule has 0 aromatic carbocycles. The summed E-state index contributed by atoms with van der Waals surface area (Å²) in [4.78, 5) is 8.24. The molecule has 0 fully saturated rings. The van der Waals surface area contributed by atoms with Gasteiger partial charge in [-0.2, -0.15) is 4.37 Å². The second-order valence-corrected chi connectivity index (χ2v) is 3.33. The van der Waals surface area contributed by atoms with E-state index in [4.69, 9.17) is 0 Å². The maximum atomic E-state index is 4.25. The number of aromatic nitrogens is 3. The van der Waals surface area contributed by atoms with Crippen LogP contribution in [0.15, 0.2) is 24.5 Å². The fourth-order valence-corrected chi connectivity index (χ4v) is 1.40. The van der Waals surface area contributed by atoms with Gasteiger partial charge in [0, 0.05) is 18.0 Å². The lowest BCUT2D eigenvalue weighted by Gasteiger charge is -1.90. The highest BCUT2D eigenvalue weighted by Crippen LogP contribution is 2.15. The molecule has 2 aromatic heterocycles. The molecule has 0 N–H and O–H groups in total. The van der Waals surface area contributed by atoms with Gasteiger partial charge in [0.05, 0.1) is 0 Å². The van der Waals surface area contributed by atoms with Crippen molar-refractivity contribution in [2.24, 2.45) is 0 Å². The van der Waals surface area contributed by atoms with E-state index >= 15 is 0 Å². The van der Waals surface area contributed by atoms with Gasteiger partial charge in [0.2, 0.25) is 0 Å². The third-order valence-corrected chi connectivity index (χ3v) is 2.07. The maximum Gasteiger partial charge on any atom is 0.174 e. The van der Waals surface area contributed by atoms with E-state index in [-0.39, 0.29) is 0 Å². The van der Waals surface area contributed by atoms with Crippen LogP contribution < -0.4 is 0 Å². The number of hydrogen-bond donors (Lipinski definition) is 0. The molecule has 4 heteroatoms. The van der Waals surface area contributed by atoms with Gasteiger partial charge in [-0.05, 0) is 30.6 Å². The van der Waals surface area contributed by atoms with Crippen LogP contribution in [0.4, 0.5) is 0 Å². The zero-order chi connectivity index (χ0) is 8.39. The Hall–Kier alpha value is -1.29. The summed E-state index contributed by atoms with van der Waals surface area (Å²) in [6, 6.07) is 3.83. The molecule has 0 aliphatic carbocycles. The fraction of sp³-hybridized carbons (Fsp3) is 0.125. The van der Waals surface area contributed by atoms with Gasteiger partial charge in [-0.1, -0.05) is 0 Å². The third kappa shape index (κ3) is 1.33. The summed E-state index contributed by atoms with van der Waals surface area (Å²) in [5, 5.41) is 0.980. The van der Waals surface area contributed by atoms with Crippen molar-refractivity contribution < 1.29 is 0 Å². The predicted octanol–water partition coefficient (Wildman–Crippen LogP) is 1.91. The summed E-state index contributed by atoms with van der Waals surface area (Å²) < 4.78 is 4.18. The van der Waals surface area contributed by atoms with E-state index in [1.165, 1.54) is 11.5 Å². The molecule has 3 nitrogen and oxygen atoms in total. The second kappa shape index (κ2) is 2.98. The molecule has 0 aliphatic heterocycles. The van der Waals surface area contributed by atoms with Crippen LogP contribution in [-0.2, 0) is 0 Å². The van der Waals surface area contributed by atoms with Crippen molar-refractivity contribution in [3.05, 3.63) is 29.5 Å². The van der Waals surface area contributed by atoms with Crippen LogP contribution in [0.2, 0.25) is 0 Å². The average molecular weight is 177 g/mol. The van der Waals surface area contributed by atoms with E-state index in [9.17, 15) is 0 Å². The summed E-state index contributed by atoms with van der Waals surface area (Å²) in [5.41, 5.74) is 0.974. The highest BCUT2D eigenvalue weighted by atomic mass is 32.1. The standard InChI is InChI=1S/C8H7N3S/c1-6-10-8(11-12-6)7-3-2-4-9-5-7/h2-5H,1H3. The Morgan fingerprint density at radius 3 is 2.92 bits per heavy atom. The Labute approximate surface area is 74.3 Å². The zero-order valence-electron chi connectivity index (χ0n) is 6.56. The van der Waals surface area contributed by atoms with Gasteiger partial charge in [0.1, 0.15) is 5.01 Å². The average Bonchev–Trinajstić information content (AvgIpc) is 2.54. The molecule has 0 unspecified atom stereocenters. The minimum absolute atomic E-state index is 0.769. The monoisotopic (exact) mass is 177 g/mol. The van der Waals surface area contributed by atoms with E-state index in [0.717, 1.165) is 16.4 Å². The summed E-state index contributed by atoms with van der Waals surface area (Å²) in [6.45, 7) is 1.94. The van der Waals surface area contributed by atoms with Crippen LogP contribution in [0.5, 0.6) is 0 Å². The molecule has 2 heterocycles. The number of aryl methyl sites for hydroxylation is 1. The molecule has 0 saturated carbocycles. The van der Waals surface area contributed by atoms with Crippen molar-refractivity contribution in [2.75, 3.05) is 0 Å². The van der Waals surface area contributed by atoms with E-state index in [1.54, 1.807) is 12.4 Å². The maximum absolute atomic E-state index is 4.25. The first-order valence-corrected chi connectivity index (χ1v) is 4.34. The van der Waals surface area contributed by atoms with E-state index < -0.39 is 0 Å². The smallest absolute Gasteiger partial charge is 0.174 e. The van der Waals surface area contributed by atoms with Crippen LogP contribution in [0.25, 0.3) is 11.4 Å². The van der Waals surface area contributed by atoms with Crippen LogP contribution in [0.3, 0.4) is 0 Å². The van der Waals surface area contributed by atoms with Crippen LogP contribution in [-0.4, -0.2) is 14.3 Å². The van der Waals surface area contributed by atoms with Gasteiger partial charge >= 0.3 is 0 Å². The molecular formula is C8H7N3S. The zero-order valence-corrected chi connectivity index (χ0v) is 7.38. The molecule has 0 saturated heterocycles. The van der Waals surface area contributed by atoms with Crippen molar-refractivity contribution in [2.45, 2.75) is 6.92 Å². The minimum atomic E-state index is 0.769. The Bertz CT molecular complexity index is 369. The predicted molar refractivity (Wildman–Crippen MR) is 47.9 cm³/mol. The van der Waals surface area contributed by atoms with Gasteiger partial charge in [0.25, 0.3) is 0 Å². The van der Waals surface area contributed by atoms with Crippen LogP contribution in [0, 0.1) is 6.92 Å². The Morgan fingerprint density at radius 2 is 2.33 bits per heavy atom. The summed E-state index contributed by atoms with van der Waals surface area (Å²) in [7, 11) is 0. The topological polar surface area (TPSA) is 38.7 Å². The number of pyridine rings is 1. The third-order valence-electron chi connectivity index (χ3n) is 1.45. The molecule has 0 amide bonds.